The van der Waals surface area contributed by atoms with Crippen LogP contribution < -0.4 is 96.3 Å². The minimum atomic E-state index is -4.26. The molecule has 3 unspecified atom stereocenters. The Bertz CT molecular complexity index is 5210. The van der Waals surface area contributed by atoms with E-state index in [4.69, 9.17) is 38.2 Å². The van der Waals surface area contributed by atoms with Crippen molar-refractivity contribution in [1.82, 2.24) is 72.3 Å². The number of anilines is 2. The second-order valence-electron chi connectivity index (χ2n) is 31.3. The van der Waals surface area contributed by atoms with Gasteiger partial charge in [-0.15, -0.1) is 30.2 Å². The lowest BCUT2D eigenvalue weighted by Crippen LogP contribution is -2.61. The topological polar surface area (TPSA) is 549 Å². The monoisotopic (exact) mass is 1820 g/mol. The van der Waals surface area contributed by atoms with Crippen molar-refractivity contribution in [2.75, 3.05) is 83.1 Å². The van der Waals surface area contributed by atoms with Gasteiger partial charge < -0.3 is 90.7 Å². The van der Waals surface area contributed by atoms with Crippen LogP contribution in [0.1, 0.15) is 91.0 Å². The number of rotatable bonds is 43. The summed E-state index contributed by atoms with van der Waals surface area (Å²) < 4.78 is 40.5. The first-order chi connectivity index (χ1) is 60.6. The number of likely N-dealkylation sites (tertiary alicyclic amines) is 1. The zero-order valence-corrected chi connectivity index (χ0v) is 76.0. The number of hydrogen-bond donors (Lipinski definition) is 17. The van der Waals surface area contributed by atoms with Gasteiger partial charge in [-0.1, -0.05) is 113 Å². The lowest BCUT2D eigenvalue weighted by atomic mass is 9.93. The van der Waals surface area contributed by atoms with Crippen LogP contribution in [0.25, 0.3) is 33.4 Å². The molecule has 127 heavy (non-hydrogen) atoms. The molecule has 12 amide bonds. The molecule has 5 aromatic rings. The van der Waals surface area contributed by atoms with Crippen molar-refractivity contribution >= 4 is 151 Å². The van der Waals surface area contributed by atoms with Crippen LogP contribution in [0.3, 0.4) is 0 Å². The van der Waals surface area contributed by atoms with Crippen LogP contribution in [0.15, 0.2) is 161 Å². The predicted molar refractivity (Wildman–Crippen MR) is 495 cm³/mol. The number of hydrogen-bond acceptors (Lipinski definition) is 20. The lowest BCUT2D eigenvalue weighted by molar-refractivity contribution is -0.140. The highest BCUT2D eigenvalue weighted by atomic mass is 32.2. The molecule has 21 N–H and O–H groups in total. The van der Waals surface area contributed by atoms with E-state index in [1.54, 1.807) is 82.3 Å². The van der Waals surface area contributed by atoms with Gasteiger partial charge >= 0.3 is 0 Å². The van der Waals surface area contributed by atoms with Crippen molar-refractivity contribution in [2.24, 2.45) is 40.7 Å². The first-order valence-electron chi connectivity index (χ1n) is 41.8. The zero-order chi connectivity index (χ0) is 92.6. The molecule has 3 aliphatic heterocycles. The Balaban J connectivity index is 0.00000655. The number of para-hydroxylation sites is 2. The number of piperidine rings is 1. The molecule has 0 radical (unpaired) electrons. The number of amides is 12. The van der Waals surface area contributed by atoms with Gasteiger partial charge in [-0.2, -0.15) is 8.88 Å². The number of benzene rings is 6. The molecule has 9 atom stereocenters. The molecule has 3 heterocycles. The second-order valence-corrected chi connectivity index (χ2v) is 36.3. The van der Waals surface area contributed by atoms with Crippen LogP contribution >= 0.6 is 30.2 Å². The van der Waals surface area contributed by atoms with Crippen molar-refractivity contribution in [1.29, 1.82) is 10.8 Å². The van der Waals surface area contributed by atoms with Gasteiger partial charge in [-0.05, 0) is 105 Å². The first-order valence-corrected chi connectivity index (χ1v) is 45.9. The maximum atomic E-state index is 15.2. The number of thioether (sulfide) groups is 1. The van der Waals surface area contributed by atoms with Gasteiger partial charge in [0.2, 0.25) is 92.0 Å². The van der Waals surface area contributed by atoms with E-state index >= 15 is 8.42 Å². The quantitative estimate of drug-likeness (QED) is 0.00495. The highest BCUT2D eigenvalue weighted by Gasteiger charge is 2.42. The third-order valence-electron chi connectivity index (χ3n) is 21.1. The number of nitrogens with zero attached hydrogens (tertiary/aromatic N) is 4. The third kappa shape index (κ3) is 29.6. The molecular formula is C87H118N21O15P2S2+. The van der Waals surface area contributed by atoms with Crippen molar-refractivity contribution in [3.63, 3.8) is 0 Å². The number of sulfonamides is 1. The average molecular weight is 1820 g/mol. The van der Waals surface area contributed by atoms with Crippen LogP contribution in [0, 0.1) is 28.6 Å². The van der Waals surface area contributed by atoms with Gasteiger partial charge in [0.05, 0.1) is 29.3 Å². The van der Waals surface area contributed by atoms with E-state index in [-0.39, 0.29) is 119 Å². The lowest BCUT2D eigenvalue weighted by Gasteiger charge is -2.31. The summed E-state index contributed by atoms with van der Waals surface area (Å²) in [7, 11) is 4.72. The smallest absolute Gasteiger partial charge is 0.244 e. The van der Waals surface area contributed by atoms with Crippen molar-refractivity contribution in [3.8, 4) is 22.5 Å². The summed E-state index contributed by atoms with van der Waals surface area (Å²) in [6, 6.07) is 38.3. The Morgan fingerprint density at radius 1 is 0.614 bits per heavy atom. The number of carbonyl (C=O) groups is 12. The van der Waals surface area contributed by atoms with Gasteiger partial charge in [-0.25, -0.2) is 8.42 Å². The van der Waals surface area contributed by atoms with Crippen LogP contribution in [0.2, 0.25) is 0 Å². The maximum absolute atomic E-state index is 15.2. The number of carbonyl (C=O) groups excluding carboxylic acids is 12. The van der Waals surface area contributed by atoms with E-state index in [9.17, 15) is 57.5 Å². The molecule has 682 valence electrons. The Kier molecular flexibility index (Phi) is 39.0. The maximum Gasteiger partial charge on any atom is 0.244 e. The van der Waals surface area contributed by atoms with Crippen LogP contribution in [-0.2, 0) is 74.0 Å². The minimum absolute atomic E-state index is 0.0238. The van der Waals surface area contributed by atoms with Gasteiger partial charge in [0.15, 0.2) is 11.9 Å². The number of primary amides is 1. The minimum Gasteiger partial charge on any atom is -0.456 e. The highest BCUT2D eigenvalue weighted by molar-refractivity contribution is 8.00. The number of guanidine groups is 2. The Labute approximate surface area is 747 Å². The first kappa shape index (κ1) is 100. The van der Waals surface area contributed by atoms with E-state index in [0.29, 0.717) is 39.0 Å². The molecule has 9 rings (SSSR count). The molecule has 0 bridgehead atoms. The van der Waals surface area contributed by atoms with Gasteiger partial charge in [0.1, 0.15) is 61.3 Å². The summed E-state index contributed by atoms with van der Waals surface area (Å²) in [5.41, 5.74) is 27.5. The van der Waals surface area contributed by atoms with Crippen LogP contribution in [0.4, 0.5) is 17.1 Å². The molecule has 0 saturated carbocycles. The number of fused-ring (bicyclic) bond motifs is 2. The molecule has 0 spiro atoms. The van der Waals surface area contributed by atoms with Gasteiger partial charge in [0.25, 0.3) is 0 Å². The van der Waals surface area contributed by atoms with Crippen molar-refractivity contribution in [2.45, 2.75) is 138 Å². The van der Waals surface area contributed by atoms with Crippen LogP contribution in [0.5, 0.6) is 0 Å². The van der Waals surface area contributed by atoms with E-state index in [0.717, 1.165) is 45.0 Å². The Hall–Kier alpha value is -12.0. The molecule has 2 fully saturated rings. The SMILES string of the molecule is CC(C)C[C@H](NC(=O)[C@@H](Cc1ccccc1)NC(=O)CNC(=O)CN)C(=O)N[C@@H](CCCNC(=N)N)C(=O)N[C@@H](CCCNC(=N)N)C(=O)N[C@H](C(=O)N[C@@H](CSC1CC(=O)N(CNC(=O)C2CCN(S(=O)(=O)c3ccccc3-c3c4ccc(=[N+](C)c5ccccc5)cc-4oc4cc(N(C)c5ccccc5)ccc34)CC2)C1=O)C(=O)NCCC(N)=O)C(C)C.PCP. The van der Waals surface area contributed by atoms with Crippen LogP contribution in [-0.4, -0.2) is 220 Å². The number of nitrogens with one attached hydrogen (secondary N) is 13. The number of imide groups is 1. The molecule has 0 aromatic heterocycles. The Morgan fingerprint density at radius 3 is 1.78 bits per heavy atom. The molecule has 40 heteroatoms. The Morgan fingerprint density at radius 2 is 1.18 bits per heavy atom. The zero-order valence-electron chi connectivity index (χ0n) is 72.0. The van der Waals surface area contributed by atoms with E-state index in [2.05, 4.69) is 77.0 Å². The summed E-state index contributed by atoms with van der Waals surface area (Å²) in [5.74, 6) is -10.5. The summed E-state index contributed by atoms with van der Waals surface area (Å²) in [4.78, 5) is 169. The molecule has 5 aromatic carbocycles. The predicted octanol–water partition coefficient (Wildman–Crippen LogP) is 2.18. The fourth-order valence-corrected chi connectivity index (χ4v) is 17.2. The van der Waals surface area contributed by atoms with Gasteiger partial charge in [-0.3, -0.25) is 73.3 Å². The second kappa shape index (κ2) is 49.2. The molecule has 4 aliphatic rings. The molecule has 1 aliphatic carbocycles. The number of nitrogens with two attached hydrogens (primary N) is 4. The third-order valence-corrected chi connectivity index (χ3v) is 24.4. The fourth-order valence-electron chi connectivity index (χ4n) is 14.4. The van der Waals surface area contributed by atoms with E-state index in [1.165, 1.54) is 4.31 Å². The van der Waals surface area contributed by atoms with E-state index < -0.39 is 160 Å². The summed E-state index contributed by atoms with van der Waals surface area (Å²) in [6.45, 7) is 5.01. The van der Waals surface area contributed by atoms with Crippen molar-refractivity contribution in [3.05, 3.63) is 163 Å². The summed E-state index contributed by atoms with van der Waals surface area (Å²) >= 11 is 0.841. The largest absolute Gasteiger partial charge is 0.456 e. The molecular weight excluding hydrogens is 1710 g/mol. The average Bonchev–Trinajstić information content (AvgIpc) is 0.930. The highest BCUT2D eigenvalue weighted by Crippen LogP contribution is 2.44. The summed E-state index contributed by atoms with van der Waals surface area (Å²) in [5, 5.41) is 44.7. The van der Waals surface area contributed by atoms with Crippen molar-refractivity contribution < 1.29 is 70.4 Å². The normalized spacial score (nSPS) is 15.2. The fraction of sp³-hybridized carbons (Fsp3) is 0.414. The van der Waals surface area contributed by atoms with E-state index in [1.807, 2.05) is 121 Å². The molecule has 2 saturated heterocycles. The summed E-state index contributed by atoms with van der Waals surface area (Å²) in [6.07, 6.45) is -0.629. The standard InChI is InChI=1S/C86H111N21O15S2.CH6P2/c1-51(2)42-64(101-82(117)65(43-53-20-10-7-11-21-53)98-73(110)48-96-72(109)47-87)81(116)100-62(27-18-37-94-85(89)90)79(114)99-63(28-19-38-95-86(91)92)80(115)103-76(52(3)4)83(118)102-66(78(113)93-39-34-71(88)108)49-123-69-46-74(111)107(84(69)119)50-97-77(112)54-35-40-106(41-36-54)124(120,121)70-29-17-16-26-61(70)75-59-32-30-57(104(5)55-22-12-8-13-23-55)44-67(59)122-68-45-58(31-33-60(68)75)105(6)56-24-14-9-15-25-56;2-1-3/h7-17,20-26,29-33,44-45,51-52,54,62-66,69,76H,18-19,27-28,34-43,46-50,87H2,1-6H3,(H18-,88,89,90,91,92,93,94,95,96,97,98,99,100,101,102,103,108,109,110,112,113,114,115,116,117,118);1-3H2/p+1/t62-,63-,64-,65+,66-,69?,76-;/m0./s1. The van der Waals surface area contributed by atoms with Gasteiger partial charge in [0, 0.05) is 128 Å². The molecule has 36 nitrogen and oxygen atoms in total.